The smallest absolute Gasteiger partial charge is 0.229 e. The average molecular weight is 264 g/mol. The third-order valence-electron chi connectivity index (χ3n) is 2.45. The first-order valence-electron chi connectivity index (χ1n) is 5.78. The van der Waals surface area contributed by atoms with Gasteiger partial charge in [0.05, 0.1) is 26.5 Å². The van der Waals surface area contributed by atoms with Crippen LogP contribution in [-0.4, -0.2) is 29.2 Å². The van der Waals surface area contributed by atoms with Gasteiger partial charge in [-0.05, 0) is 13.8 Å². The molecule has 2 heterocycles. The van der Waals surface area contributed by atoms with Gasteiger partial charge in [-0.1, -0.05) is 0 Å². The molecule has 1 unspecified atom stereocenters. The monoisotopic (exact) mass is 264 g/mol. The highest BCUT2D eigenvalue weighted by molar-refractivity contribution is 5.34. The topological polar surface area (TPSA) is 82.3 Å². The Bertz CT molecular complexity index is 533. The van der Waals surface area contributed by atoms with E-state index in [1.165, 1.54) is 14.2 Å². The molecule has 0 bridgehead atoms. The maximum absolute atomic E-state index is 5.44. The quantitative estimate of drug-likeness (QED) is 0.883. The van der Waals surface area contributed by atoms with Crippen LogP contribution in [0, 0.1) is 6.92 Å². The molecule has 2 aromatic heterocycles. The molecule has 0 aliphatic rings. The maximum Gasteiger partial charge on any atom is 0.229 e. The zero-order chi connectivity index (χ0) is 13.8. The standard InChI is InChI=1S/C12H16N4O3/c1-7-6-13-11(19-7)8(2)14-12-15-9(17-3)5-10(16-12)18-4/h5-6,8H,1-4H3,(H,14,15,16). The molecule has 0 saturated carbocycles. The maximum atomic E-state index is 5.44. The minimum Gasteiger partial charge on any atom is -0.481 e. The lowest BCUT2D eigenvalue weighted by molar-refractivity contribution is 0.372. The number of anilines is 1. The summed E-state index contributed by atoms with van der Waals surface area (Å²) >= 11 is 0. The van der Waals surface area contributed by atoms with Crippen LogP contribution in [0.25, 0.3) is 0 Å². The van der Waals surface area contributed by atoms with E-state index in [1.807, 2.05) is 13.8 Å². The van der Waals surface area contributed by atoms with Crippen molar-refractivity contribution in [1.82, 2.24) is 15.0 Å². The van der Waals surface area contributed by atoms with Crippen molar-refractivity contribution in [3.05, 3.63) is 23.9 Å². The Morgan fingerprint density at radius 3 is 2.32 bits per heavy atom. The van der Waals surface area contributed by atoms with E-state index in [0.717, 1.165) is 5.76 Å². The SMILES string of the molecule is COc1cc(OC)nc(NC(C)c2ncc(C)o2)n1. The van der Waals surface area contributed by atoms with Gasteiger partial charge in [-0.3, -0.25) is 0 Å². The fourth-order valence-corrected chi connectivity index (χ4v) is 1.51. The minimum absolute atomic E-state index is 0.162. The Hall–Kier alpha value is -2.31. The van der Waals surface area contributed by atoms with Gasteiger partial charge >= 0.3 is 0 Å². The third kappa shape index (κ3) is 3.12. The predicted molar refractivity (Wildman–Crippen MR) is 68.4 cm³/mol. The van der Waals surface area contributed by atoms with Crippen LogP contribution in [0.2, 0.25) is 0 Å². The molecule has 7 heteroatoms. The Morgan fingerprint density at radius 1 is 1.21 bits per heavy atom. The molecule has 0 aliphatic heterocycles. The molecule has 0 radical (unpaired) electrons. The number of oxazole rings is 1. The van der Waals surface area contributed by atoms with E-state index in [4.69, 9.17) is 13.9 Å². The van der Waals surface area contributed by atoms with Gasteiger partial charge in [0.15, 0.2) is 0 Å². The summed E-state index contributed by atoms with van der Waals surface area (Å²) in [6, 6.07) is 1.44. The van der Waals surface area contributed by atoms with Crippen molar-refractivity contribution < 1.29 is 13.9 Å². The molecule has 102 valence electrons. The van der Waals surface area contributed by atoms with Gasteiger partial charge in [-0.2, -0.15) is 9.97 Å². The molecule has 0 aromatic carbocycles. The van der Waals surface area contributed by atoms with Crippen molar-refractivity contribution in [1.29, 1.82) is 0 Å². The number of nitrogens with zero attached hydrogens (tertiary/aromatic N) is 3. The summed E-state index contributed by atoms with van der Waals surface area (Å²) in [5.74, 6) is 2.56. The highest BCUT2D eigenvalue weighted by Gasteiger charge is 2.14. The van der Waals surface area contributed by atoms with E-state index in [1.54, 1.807) is 12.3 Å². The molecule has 7 nitrogen and oxygen atoms in total. The fourth-order valence-electron chi connectivity index (χ4n) is 1.51. The van der Waals surface area contributed by atoms with Crippen LogP contribution < -0.4 is 14.8 Å². The molecule has 2 rings (SSSR count). The lowest BCUT2D eigenvalue weighted by Gasteiger charge is -2.11. The number of nitrogens with one attached hydrogen (secondary N) is 1. The molecule has 0 aliphatic carbocycles. The van der Waals surface area contributed by atoms with Crippen molar-refractivity contribution in [2.75, 3.05) is 19.5 Å². The van der Waals surface area contributed by atoms with Crippen molar-refractivity contribution in [3.63, 3.8) is 0 Å². The first kappa shape index (κ1) is 13.1. The number of aromatic nitrogens is 3. The number of hydrogen-bond donors (Lipinski definition) is 1. The van der Waals surface area contributed by atoms with Crippen molar-refractivity contribution in [3.8, 4) is 11.8 Å². The lowest BCUT2D eigenvalue weighted by Crippen LogP contribution is -2.10. The number of ether oxygens (including phenoxy) is 2. The van der Waals surface area contributed by atoms with Gasteiger partial charge in [0.25, 0.3) is 0 Å². The molecular formula is C12H16N4O3. The van der Waals surface area contributed by atoms with Crippen LogP contribution in [-0.2, 0) is 0 Å². The fraction of sp³-hybridized carbons (Fsp3) is 0.417. The van der Waals surface area contributed by atoms with Gasteiger partial charge in [0, 0.05) is 0 Å². The van der Waals surface area contributed by atoms with Crippen LogP contribution in [0.15, 0.2) is 16.7 Å². The summed E-state index contributed by atoms with van der Waals surface area (Å²) in [5.41, 5.74) is 0. The molecular weight excluding hydrogens is 248 g/mol. The summed E-state index contributed by atoms with van der Waals surface area (Å²) in [6.07, 6.45) is 1.67. The Balaban J connectivity index is 2.18. The summed E-state index contributed by atoms with van der Waals surface area (Å²) < 4.78 is 15.6. The zero-order valence-corrected chi connectivity index (χ0v) is 11.3. The second-order valence-electron chi connectivity index (χ2n) is 3.95. The molecule has 0 amide bonds. The van der Waals surface area contributed by atoms with Crippen LogP contribution in [0.5, 0.6) is 11.8 Å². The van der Waals surface area contributed by atoms with Gasteiger partial charge < -0.3 is 19.2 Å². The average Bonchev–Trinajstić information content (AvgIpc) is 2.85. The van der Waals surface area contributed by atoms with E-state index in [2.05, 4.69) is 20.3 Å². The number of hydrogen-bond acceptors (Lipinski definition) is 7. The first-order chi connectivity index (χ1) is 9.12. The Labute approximate surface area is 111 Å². The Kier molecular flexibility index (Phi) is 3.84. The predicted octanol–water partition coefficient (Wildman–Crippen LogP) is 1.96. The van der Waals surface area contributed by atoms with E-state index < -0.39 is 0 Å². The van der Waals surface area contributed by atoms with Crippen molar-refractivity contribution in [2.24, 2.45) is 0 Å². The largest absolute Gasteiger partial charge is 0.481 e. The van der Waals surface area contributed by atoms with E-state index in [0.29, 0.717) is 23.6 Å². The minimum atomic E-state index is -0.162. The summed E-state index contributed by atoms with van der Waals surface area (Å²) in [7, 11) is 3.07. The lowest BCUT2D eigenvalue weighted by atomic mass is 10.3. The molecule has 1 N–H and O–H groups in total. The Morgan fingerprint density at radius 2 is 1.84 bits per heavy atom. The van der Waals surface area contributed by atoms with Gasteiger partial charge in [0.1, 0.15) is 11.8 Å². The zero-order valence-electron chi connectivity index (χ0n) is 11.3. The second-order valence-corrected chi connectivity index (χ2v) is 3.95. The number of aryl methyl sites for hydroxylation is 1. The summed E-state index contributed by atoms with van der Waals surface area (Å²) in [4.78, 5) is 12.5. The molecule has 2 aromatic rings. The van der Waals surface area contributed by atoms with Crippen molar-refractivity contribution >= 4 is 5.95 Å². The first-order valence-corrected chi connectivity index (χ1v) is 5.78. The summed E-state index contributed by atoms with van der Waals surface area (Å²) in [5, 5.41) is 3.08. The van der Waals surface area contributed by atoms with Crippen LogP contribution in [0.4, 0.5) is 5.95 Å². The normalized spacial score (nSPS) is 12.0. The summed E-state index contributed by atoms with van der Waals surface area (Å²) in [6.45, 7) is 3.74. The van der Waals surface area contributed by atoms with E-state index in [-0.39, 0.29) is 6.04 Å². The molecule has 0 spiro atoms. The number of methoxy groups -OCH3 is 2. The van der Waals surface area contributed by atoms with E-state index in [9.17, 15) is 0 Å². The highest BCUT2D eigenvalue weighted by atomic mass is 16.5. The molecule has 0 saturated heterocycles. The highest BCUT2D eigenvalue weighted by Crippen LogP contribution is 2.21. The van der Waals surface area contributed by atoms with Gasteiger partial charge in [-0.15, -0.1) is 0 Å². The molecule has 19 heavy (non-hydrogen) atoms. The molecule has 1 atom stereocenters. The van der Waals surface area contributed by atoms with Crippen LogP contribution in [0.3, 0.4) is 0 Å². The van der Waals surface area contributed by atoms with Crippen LogP contribution in [0.1, 0.15) is 24.6 Å². The second kappa shape index (κ2) is 5.55. The van der Waals surface area contributed by atoms with E-state index >= 15 is 0 Å². The third-order valence-corrected chi connectivity index (χ3v) is 2.45. The van der Waals surface area contributed by atoms with Gasteiger partial charge in [-0.25, -0.2) is 4.98 Å². The number of rotatable bonds is 5. The van der Waals surface area contributed by atoms with Crippen LogP contribution >= 0.6 is 0 Å². The van der Waals surface area contributed by atoms with Gasteiger partial charge in [0.2, 0.25) is 23.6 Å². The molecule has 0 fully saturated rings. The van der Waals surface area contributed by atoms with Crippen molar-refractivity contribution in [2.45, 2.75) is 19.9 Å².